The third-order valence-electron chi connectivity index (χ3n) is 8.36. The van der Waals surface area contributed by atoms with Gasteiger partial charge in [0.15, 0.2) is 16.4 Å². The van der Waals surface area contributed by atoms with Crippen LogP contribution in [-0.2, 0) is 19.1 Å². The largest absolute Gasteiger partial charge is 0.479 e. The zero-order valence-electron chi connectivity index (χ0n) is 25.0. The Morgan fingerprint density at radius 1 is 1.27 bits per heavy atom. The number of esters is 1. The summed E-state index contributed by atoms with van der Waals surface area (Å²) in [7, 11) is 0. The number of halogens is 3. The van der Waals surface area contributed by atoms with Crippen molar-refractivity contribution < 1.29 is 37.3 Å². The molecule has 0 bridgehead atoms. The second-order valence-electron chi connectivity index (χ2n) is 11.6. The van der Waals surface area contributed by atoms with E-state index < -0.39 is 53.9 Å². The van der Waals surface area contributed by atoms with Crippen LogP contribution in [0.4, 0.5) is 13.2 Å². The number of hydrogen-bond acceptors (Lipinski definition) is 10. The Labute approximate surface area is 257 Å². The molecule has 1 aromatic heterocycles. The first kappa shape index (κ1) is 32.1. The van der Waals surface area contributed by atoms with E-state index in [1.165, 1.54) is 31.3 Å². The van der Waals surface area contributed by atoms with Crippen LogP contribution in [0.25, 0.3) is 0 Å². The molecule has 0 unspecified atom stereocenters. The third kappa shape index (κ3) is 6.25. The minimum absolute atomic E-state index is 0.0133. The van der Waals surface area contributed by atoms with Crippen LogP contribution >= 0.6 is 11.3 Å². The number of aliphatic carboxylic acids is 1. The fraction of sp³-hybridized carbons (Fsp3) is 0.533. The second kappa shape index (κ2) is 12.6. The summed E-state index contributed by atoms with van der Waals surface area (Å²) in [6.07, 6.45) is 2.06. The van der Waals surface area contributed by atoms with E-state index >= 15 is 8.78 Å². The number of aromatic nitrogens is 1. The van der Waals surface area contributed by atoms with E-state index in [4.69, 9.17) is 14.5 Å². The van der Waals surface area contributed by atoms with Crippen molar-refractivity contribution in [3.8, 4) is 0 Å². The Hall–Kier alpha value is -3.33. The molecule has 0 radical (unpaired) electrons. The van der Waals surface area contributed by atoms with Crippen LogP contribution in [0, 0.1) is 12.7 Å². The molecule has 1 aromatic carbocycles. The summed E-state index contributed by atoms with van der Waals surface area (Å²) in [5, 5.41) is 14.8. The van der Waals surface area contributed by atoms with Crippen LogP contribution in [0.3, 0.4) is 0 Å². The molecule has 10 nitrogen and oxygen atoms in total. The summed E-state index contributed by atoms with van der Waals surface area (Å²) in [6.45, 7) is 6.13. The zero-order valence-corrected chi connectivity index (χ0v) is 25.8. The number of benzene rings is 1. The fourth-order valence-corrected chi connectivity index (χ4v) is 6.71. The zero-order chi connectivity index (χ0) is 31.8. The molecule has 3 aliphatic rings. The molecule has 14 heteroatoms. The summed E-state index contributed by atoms with van der Waals surface area (Å²) in [4.78, 5) is 37.3. The van der Waals surface area contributed by atoms with E-state index in [-0.39, 0.29) is 31.9 Å². The lowest BCUT2D eigenvalue weighted by molar-refractivity contribution is -0.162. The molecule has 2 saturated heterocycles. The molecule has 0 amide bonds. The first-order chi connectivity index (χ1) is 20.8. The van der Waals surface area contributed by atoms with Gasteiger partial charge in [-0.15, -0.1) is 11.3 Å². The first-order valence-corrected chi connectivity index (χ1v) is 15.3. The highest BCUT2D eigenvalue weighted by Crippen LogP contribution is 2.43. The van der Waals surface area contributed by atoms with E-state index in [2.05, 4.69) is 10.3 Å². The molecule has 4 heterocycles. The number of alkyl halides is 2. The molecule has 3 atom stereocenters. The average molecular weight is 636 g/mol. The number of aliphatic imine (C=N–C) groups is 1. The Bertz CT molecular complexity index is 1460. The Balaban J connectivity index is 1.47. The van der Waals surface area contributed by atoms with Gasteiger partial charge in [-0.05, 0) is 51.3 Å². The summed E-state index contributed by atoms with van der Waals surface area (Å²) >= 11 is 1.32. The number of nitrogens with zero attached hydrogens (tertiary/aromatic N) is 4. The average Bonchev–Trinajstić information content (AvgIpc) is 3.69. The van der Waals surface area contributed by atoms with Crippen molar-refractivity contribution in [3.05, 3.63) is 63.0 Å². The number of likely N-dealkylation sites (tertiary alicyclic amines) is 2. The van der Waals surface area contributed by atoms with Gasteiger partial charge in [0.1, 0.15) is 11.9 Å². The molecule has 2 N–H and O–H groups in total. The highest BCUT2D eigenvalue weighted by Gasteiger charge is 2.59. The van der Waals surface area contributed by atoms with Gasteiger partial charge >= 0.3 is 11.9 Å². The standard InChI is InChI=1S/C30H36F3N5O5S/c1-5-42-27(39)22-20(35-25(26-34-10-14-44-26)36-23(22)18-7-6-8-19(31)17(18)2)15-38-16-30(32,33)24-21(38)9-11-37(24)12-13-43-29(3,4)28(40)41/h6-8,10,14,21,23-24H,5,9,11-13,15-16H2,1-4H3,(H,35,36)(H,40,41)/t21-,23-,24+/m0/s1. The lowest BCUT2D eigenvalue weighted by Gasteiger charge is -2.31. The lowest BCUT2D eigenvalue weighted by atomic mass is 9.92. The Morgan fingerprint density at radius 2 is 2.05 bits per heavy atom. The number of ether oxygens (including phenoxy) is 2. The SMILES string of the molecule is CCOC(=O)C1=C(CN2CC(F)(F)[C@H]3[C@@H]2CCN3CCOC(C)(C)C(=O)O)NC(c2nccs2)=N[C@H]1c1cccc(F)c1C. The first-order valence-electron chi connectivity index (χ1n) is 14.5. The van der Waals surface area contributed by atoms with Gasteiger partial charge in [-0.2, -0.15) is 0 Å². The number of carbonyl (C=O) groups is 2. The summed E-state index contributed by atoms with van der Waals surface area (Å²) in [5.74, 6) is -4.98. The molecular weight excluding hydrogens is 599 g/mol. The smallest absolute Gasteiger partial charge is 0.338 e. The quantitative estimate of drug-likeness (QED) is 0.356. The summed E-state index contributed by atoms with van der Waals surface area (Å²) < 4.78 is 56.9. The Kier molecular flexibility index (Phi) is 9.17. The molecule has 238 valence electrons. The van der Waals surface area contributed by atoms with Gasteiger partial charge < -0.3 is 19.9 Å². The molecule has 5 rings (SSSR count). The maximum absolute atomic E-state index is 15.6. The topological polar surface area (TPSA) is 117 Å². The van der Waals surface area contributed by atoms with Gasteiger partial charge in [0, 0.05) is 43.0 Å². The van der Waals surface area contributed by atoms with E-state index in [0.29, 0.717) is 40.6 Å². The molecular formula is C30H36F3N5O5S. The van der Waals surface area contributed by atoms with Gasteiger partial charge in [-0.25, -0.2) is 27.7 Å². The number of amidine groups is 1. The highest BCUT2D eigenvalue weighted by atomic mass is 32.1. The molecule has 2 fully saturated rings. The van der Waals surface area contributed by atoms with E-state index in [1.54, 1.807) is 47.4 Å². The Morgan fingerprint density at radius 3 is 2.73 bits per heavy atom. The van der Waals surface area contributed by atoms with Crippen LogP contribution in [0.1, 0.15) is 49.4 Å². The number of fused-ring (bicyclic) bond motifs is 1. The molecule has 0 spiro atoms. The van der Waals surface area contributed by atoms with E-state index in [9.17, 15) is 19.1 Å². The van der Waals surface area contributed by atoms with Crippen molar-refractivity contribution in [2.24, 2.45) is 4.99 Å². The van der Waals surface area contributed by atoms with Crippen molar-refractivity contribution in [1.29, 1.82) is 0 Å². The van der Waals surface area contributed by atoms with Crippen molar-refractivity contribution in [2.45, 2.75) is 63.8 Å². The number of carboxylic acids is 1. The maximum Gasteiger partial charge on any atom is 0.338 e. The van der Waals surface area contributed by atoms with Crippen LogP contribution < -0.4 is 5.32 Å². The molecule has 2 aromatic rings. The number of carboxylic acid groups (broad SMARTS) is 1. The van der Waals surface area contributed by atoms with Crippen LogP contribution in [0.2, 0.25) is 0 Å². The summed E-state index contributed by atoms with van der Waals surface area (Å²) in [5.41, 5.74) is -0.179. The molecule has 3 aliphatic heterocycles. The van der Waals surface area contributed by atoms with Gasteiger partial charge in [0.2, 0.25) is 0 Å². The fourth-order valence-electron chi connectivity index (χ4n) is 6.12. The minimum Gasteiger partial charge on any atom is -0.479 e. The maximum atomic E-state index is 15.6. The highest BCUT2D eigenvalue weighted by molar-refractivity contribution is 7.11. The number of carbonyl (C=O) groups excluding carboxylic acids is 1. The third-order valence-corrected chi connectivity index (χ3v) is 9.14. The van der Waals surface area contributed by atoms with E-state index in [0.717, 1.165) is 0 Å². The lowest BCUT2D eigenvalue weighted by Crippen LogP contribution is -2.47. The number of hydrogen-bond donors (Lipinski definition) is 2. The van der Waals surface area contributed by atoms with Gasteiger partial charge in [0.05, 0.1) is 31.4 Å². The number of thiazole rings is 1. The minimum atomic E-state index is -3.08. The van der Waals surface area contributed by atoms with Crippen molar-refractivity contribution in [1.82, 2.24) is 20.1 Å². The summed E-state index contributed by atoms with van der Waals surface area (Å²) in [6, 6.07) is 1.96. The number of rotatable bonds is 11. The molecule has 44 heavy (non-hydrogen) atoms. The van der Waals surface area contributed by atoms with Crippen molar-refractivity contribution >= 4 is 29.1 Å². The van der Waals surface area contributed by atoms with Crippen molar-refractivity contribution in [2.75, 3.05) is 39.4 Å². The predicted molar refractivity (Wildman–Crippen MR) is 157 cm³/mol. The number of nitrogens with one attached hydrogen (secondary N) is 1. The van der Waals surface area contributed by atoms with Crippen molar-refractivity contribution in [3.63, 3.8) is 0 Å². The van der Waals surface area contributed by atoms with Crippen LogP contribution in [0.15, 0.2) is 46.0 Å². The molecule has 0 aliphatic carbocycles. The van der Waals surface area contributed by atoms with E-state index in [1.807, 2.05) is 0 Å². The monoisotopic (exact) mass is 635 g/mol. The molecule has 0 saturated carbocycles. The second-order valence-corrected chi connectivity index (χ2v) is 12.5. The predicted octanol–water partition coefficient (Wildman–Crippen LogP) is 3.77. The van der Waals surface area contributed by atoms with Gasteiger partial charge in [-0.1, -0.05) is 12.1 Å². The van der Waals surface area contributed by atoms with Crippen LogP contribution in [-0.4, -0.2) is 101 Å². The van der Waals surface area contributed by atoms with Gasteiger partial charge in [-0.3, -0.25) is 14.8 Å². The van der Waals surface area contributed by atoms with Crippen LogP contribution in [0.5, 0.6) is 0 Å². The normalized spacial score (nSPS) is 23.8. The van der Waals surface area contributed by atoms with Gasteiger partial charge in [0.25, 0.3) is 5.92 Å².